The lowest BCUT2D eigenvalue weighted by Crippen LogP contribution is -2.48. The van der Waals surface area contributed by atoms with Gasteiger partial charge in [-0.3, -0.25) is 19.8 Å². The number of hydrazine groups is 1. The van der Waals surface area contributed by atoms with Gasteiger partial charge in [-0.15, -0.1) is 0 Å². The van der Waals surface area contributed by atoms with Gasteiger partial charge in [0.15, 0.2) is 0 Å². The van der Waals surface area contributed by atoms with Crippen LogP contribution in [0.25, 0.3) is 0 Å². The minimum atomic E-state index is -0.766. The summed E-state index contributed by atoms with van der Waals surface area (Å²) in [5.74, 6) is -1.24. The predicted octanol–water partition coefficient (Wildman–Crippen LogP) is -0.0979. The molecule has 0 saturated carbocycles. The molecule has 104 valence electrons. The van der Waals surface area contributed by atoms with E-state index in [-0.39, 0.29) is 25.4 Å². The molecule has 0 aliphatic carbocycles. The number of amides is 1. The second-order valence-electron chi connectivity index (χ2n) is 3.47. The number of ether oxygens (including phenoxy) is 2. The Bertz CT molecular complexity index is 293. The fourth-order valence-corrected chi connectivity index (χ4v) is 1.18. The van der Waals surface area contributed by atoms with Crippen molar-refractivity contribution in [3.8, 4) is 0 Å². The first-order valence-electron chi connectivity index (χ1n) is 5.85. The highest BCUT2D eigenvalue weighted by Crippen LogP contribution is 2.01. The first-order valence-corrected chi connectivity index (χ1v) is 5.85. The fraction of sp³-hybridized carbons (Fsp3) is 0.727. The molecule has 0 aromatic carbocycles. The summed E-state index contributed by atoms with van der Waals surface area (Å²) in [6, 6.07) is -0.766. The average molecular weight is 260 g/mol. The molecule has 0 aromatic heterocycles. The number of hydrogen-bond acceptors (Lipinski definition) is 6. The van der Waals surface area contributed by atoms with Gasteiger partial charge in [-0.1, -0.05) is 0 Å². The summed E-state index contributed by atoms with van der Waals surface area (Å²) < 4.78 is 9.58. The average Bonchev–Trinajstić information content (AvgIpc) is 2.29. The molecule has 1 amide bonds. The highest BCUT2D eigenvalue weighted by Gasteiger charge is 2.21. The molecule has 0 fully saturated rings. The molecule has 0 spiro atoms. The van der Waals surface area contributed by atoms with E-state index < -0.39 is 18.0 Å². The van der Waals surface area contributed by atoms with Gasteiger partial charge >= 0.3 is 11.9 Å². The lowest BCUT2D eigenvalue weighted by atomic mass is 10.1. The van der Waals surface area contributed by atoms with E-state index in [0.717, 1.165) is 0 Å². The Labute approximate surface area is 106 Å². The third-order valence-corrected chi connectivity index (χ3v) is 1.94. The molecule has 0 unspecified atom stereocenters. The molecule has 0 aromatic rings. The van der Waals surface area contributed by atoms with Gasteiger partial charge < -0.3 is 9.47 Å². The lowest BCUT2D eigenvalue weighted by Gasteiger charge is -2.16. The molecule has 7 heteroatoms. The van der Waals surface area contributed by atoms with Crippen molar-refractivity contribution in [3.63, 3.8) is 0 Å². The van der Waals surface area contributed by atoms with E-state index in [4.69, 9.17) is 9.47 Å². The summed E-state index contributed by atoms with van der Waals surface area (Å²) in [7, 11) is 0. The zero-order valence-electron chi connectivity index (χ0n) is 10.9. The first-order chi connectivity index (χ1) is 8.51. The van der Waals surface area contributed by atoms with E-state index in [1.807, 2.05) is 0 Å². The fourth-order valence-electron chi connectivity index (χ4n) is 1.18. The van der Waals surface area contributed by atoms with E-state index in [9.17, 15) is 14.4 Å². The predicted molar refractivity (Wildman–Crippen MR) is 63.2 cm³/mol. The largest absolute Gasteiger partial charge is 0.466 e. The van der Waals surface area contributed by atoms with Gasteiger partial charge in [-0.05, 0) is 20.3 Å². The van der Waals surface area contributed by atoms with Gasteiger partial charge in [0, 0.05) is 13.3 Å². The van der Waals surface area contributed by atoms with Gasteiger partial charge in [0.1, 0.15) is 6.04 Å². The molecule has 0 radical (unpaired) electrons. The summed E-state index contributed by atoms with van der Waals surface area (Å²) in [4.78, 5) is 33.5. The Morgan fingerprint density at radius 2 is 1.72 bits per heavy atom. The number of hydrogen-bond donors (Lipinski definition) is 2. The molecule has 0 saturated heterocycles. The quantitative estimate of drug-likeness (QED) is 0.467. The molecule has 0 aliphatic rings. The summed E-state index contributed by atoms with van der Waals surface area (Å²) in [6.45, 7) is 5.22. The van der Waals surface area contributed by atoms with Crippen LogP contribution in [0.5, 0.6) is 0 Å². The summed E-state index contributed by atoms with van der Waals surface area (Å²) in [5, 5.41) is 0. The topological polar surface area (TPSA) is 93.7 Å². The number of carbonyl (C=O) groups is 3. The number of esters is 2. The van der Waals surface area contributed by atoms with E-state index in [1.54, 1.807) is 13.8 Å². The Kier molecular flexibility index (Phi) is 8.55. The van der Waals surface area contributed by atoms with Crippen LogP contribution in [0.2, 0.25) is 0 Å². The van der Waals surface area contributed by atoms with Crippen LogP contribution in [0.4, 0.5) is 0 Å². The van der Waals surface area contributed by atoms with E-state index in [1.165, 1.54) is 6.92 Å². The smallest absolute Gasteiger partial charge is 0.324 e. The lowest BCUT2D eigenvalue weighted by molar-refractivity contribution is -0.147. The summed E-state index contributed by atoms with van der Waals surface area (Å²) in [5.41, 5.74) is 4.82. The molecule has 2 N–H and O–H groups in total. The maximum Gasteiger partial charge on any atom is 0.324 e. The van der Waals surface area contributed by atoms with Crippen LogP contribution in [0.3, 0.4) is 0 Å². The minimum Gasteiger partial charge on any atom is -0.466 e. The Morgan fingerprint density at radius 3 is 2.22 bits per heavy atom. The van der Waals surface area contributed by atoms with Crippen molar-refractivity contribution < 1.29 is 23.9 Å². The first kappa shape index (κ1) is 16.4. The van der Waals surface area contributed by atoms with Gasteiger partial charge in [0.25, 0.3) is 0 Å². The normalized spacial score (nSPS) is 11.5. The zero-order chi connectivity index (χ0) is 14.0. The van der Waals surface area contributed by atoms with Gasteiger partial charge in [0.2, 0.25) is 5.91 Å². The molecule has 0 aliphatic heterocycles. The molecule has 7 nitrogen and oxygen atoms in total. The van der Waals surface area contributed by atoms with Crippen LogP contribution < -0.4 is 10.9 Å². The van der Waals surface area contributed by atoms with Crippen LogP contribution in [0.1, 0.15) is 33.6 Å². The number of carbonyl (C=O) groups excluding carboxylic acids is 3. The van der Waals surface area contributed by atoms with Crippen molar-refractivity contribution >= 4 is 17.8 Å². The number of rotatable bonds is 8. The van der Waals surface area contributed by atoms with Crippen molar-refractivity contribution in [2.75, 3.05) is 13.2 Å². The van der Waals surface area contributed by atoms with Crippen molar-refractivity contribution in [2.24, 2.45) is 0 Å². The van der Waals surface area contributed by atoms with Crippen molar-refractivity contribution in [1.82, 2.24) is 10.9 Å². The van der Waals surface area contributed by atoms with E-state index in [2.05, 4.69) is 10.9 Å². The molecule has 0 rings (SSSR count). The van der Waals surface area contributed by atoms with Crippen LogP contribution in [0, 0.1) is 0 Å². The van der Waals surface area contributed by atoms with Crippen LogP contribution >= 0.6 is 0 Å². The molecule has 18 heavy (non-hydrogen) atoms. The van der Waals surface area contributed by atoms with E-state index >= 15 is 0 Å². The second kappa shape index (κ2) is 9.41. The third-order valence-electron chi connectivity index (χ3n) is 1.94. The van der Waals surface area contributed by atoms with Gasteiger partial charge in [-0.25, -0.2) is 5.43 Å². The molecule has 1 atom stereocenters. The highest BCUT2D eigenvalue weighted by atomic mass is 16.5. The van der Waals surface area contributed by atoms with Crippen LogP contribution in [-0.4, -0.2) is 37.1 Å². The van der Waals surface area contributed by atoms with Gasteiger partial charge in [0.05, 0.1) is 13.2 Å². The Morgan fingerprint density at radius 1 is 1.11 bits per heavy atom. The van der Waals surface area contributed by atoms with Crippen molar-refractivity contribution in [2.45, 2.75) is 39.7 Å². The zero-order valence-corrected chi connectivity index (χ0v) is 10.9. The third kappa shape index (κ3) is 7.61. The Balaban J connectivity index is 4.23. The van der Waals surface area contributed by atoms with Crippen molar-refractivity contribution in [1.29, 1.82) is 0 Å². The minimum absolute atomic E-state index is 0.0733. The molecule has 0 bridgehead atoms. The second-order valence-corrected chi connectivity index (χ2v) is 3.47. The monoisotopic (exact) mass is 260 g/mol. The molecule has 0 heterocycles. The standard InChI is InChI=1S/C11H20N2O5/c1-4-17-10(15)7-6-9(11(16)18-5-2)13-12-8(3)14/h9,13H,4-7H2,1-3H3,(H,12,14)/t9-/m0/s1. The van der Waals surface area contributed by atoms with Crippen molar-refractivity contribution in [3.05, 3.63) is 0 Å². The van der Waals surface area contributed by atoms with E-state index in [0.29, 0.717) is 6.61 Å². The van der Waals surface area contributed by atoms with Gasteiger partial charge in [-0.2, -0.15) is 0 Å². The molecular formula is C11H20N2O5. The van der Waals surface area contributed by atoms with Crippen LogP contribution in [0.15, 0.2) is 0 Å². The Hall–Kier alpha value is -1.63. The maximum absolute atomic E-state index is 11.5. The molecular weight excluding hydrogens is 240 g/mol. The summed E-state index contributed by atoms with van der Waals surface area (Å²) in [6.07, 6.45) is 0.266. The number of nitrogens with one attached hydrogen (secondary N) is 2. The van der Waals surface area contributed by atoms with Crippen LogP contribution in [-0.2, 0) is 23.9 Å². The highest BCUT2D eigenvalue weighted by molar-refractivity contribution is 5.78. The maximum atomic E-state index is 11.5. The summed E-state index contributed by atoms with van der Waals surface area (Å²) >= 11 is 0. The SMILES string of the molecule is CCOC(=O)CC[C@H](NNC(C)=O)C(=O)OCC.